The predicted molar refractivity (Wildman–Crippen MR) is 92.2 cm³/mol. The number of nitriles is 1. The fourth-order valence-electron chi connectivity index (χ4n) is 2.49. The molecule has 0 unspecified atom stereocenters. The first-order valence-corrected chi connectivity index (χ1v) is 7.91. The summed E-state index contributed by atoms with van der Waals surface area (Å²) in [6.07, 6.45) is 15.4. The van der Waals surface area contributed by atoms with E-state index in [-0.39, 0.29) is 17.8 Å². The molecule has 0 aromatic rings. The summed E-state index contributed by atoms with van der Waals surface area (Å²) in [6, 6.07) is 0. The molecule has 132 valence electrons. The number of nitrogens with two attached hydrogens (primary N) is 2. The third-order valence-electron chi connectivity index (χ3n) is 3.64. The molecule has 0 aromatic heterocycles. The van der Waals surface area contributed by atoms with Gasteiger partial charge in [-0.05, 0) is 25.7 Å². The van der Waals surface area contributed by atoms with Gasteiger partial charge < -0.3 is 21.3 Å². The highest BCUT2D eigenvalue weighted by molar-refractivity contribution is 5.85. The molecule has 0 bridgehead atoms. The minimum atomic E-state index is -0.197. The Kier molecular flexibility index (Phi) is 11.3. The number of amides is 2. The molecule has 0 aromatic carbocycles. The first kappa shape index (κ1) is 21.3. The van der Waals surface area contributed by atoms with Gasteiger partial charge in [0.2, 0.25) is 24.0 Å². The van der Waals surface area contributed by atoms with Crippen molar-refractivity contribution in [1.29, 1.82) is 5.26 Å². The minimum absolute atomic E-state index is 0.132. The van der Waals surface area contributed by atoms with Crippen LogP contribution in [0.4, 0.5) is 0 Å². The molecule has 2 heterocycles. The van der Waals surface area contributed by atoms with Gasteiger partial charge in [0.05, 0.1) is 6.54 Å². The van der Waals surface area contributed by atoms with Gasteiger partial charge in [-0.1, -0.05) is 6.42 Å². The molecule has 2 saturated heterocycles. The van der Waals surface area contributed by atoms with Crippen molar-refractivity contribution in [2.24, 2.45) is 16.5 Å². The van der Waals surface area contributed by atoms with Crippen LogP contribution in [0.5, 0.6) is 0 Å². The average molecular weight is 334 g/mol. The molecule has 0 radical (unpaired) electrons. The van der Waals surface area contributed by atoms with Crippen LogP contribution in [0.3, 0.4) is 0 Å². The summed E-state index contributed by atoms with van der Waals surface area (Å²) in [5, 5.41) is 7.64. The molecule has 8 heteroatoms. The fraction of sp³-hybridized carbons (Fsp3) is 0.625. The molecule has 0 spiro atoms. The van der Waals surface area contributed by atoms with Gasteiger partial charge in [-0.2, -0.15) is 5.26 Å². The summed E-state index contributed by atoms with van der Waals surface area (Å²) >= 11 is 0. The van der Waals surface area contributed by atoms with Crippen LogP contribution in [0.1, 0.15) is 38.5 Å². The van der Waals surface area contributed by atoms with Crippen molar-refractivity contribution in [2.75, 3.05) is 26.2 Å². The summed E-state index contributed by atoms with van der Waals surface area (Å²) < 4.78 is 0. The molecule has 2 fully saturated rings. The van der Waals surface area contributed by atoms with Crippen molar-refractivity contribution in [1.82, 2.24) is 9.80 Å². The topological polar surface area (TPSA) is 129 Å². The number of rotatable bonds is 2. The third-order valence-corrected chi connectivity index (χ3v) is 3.64. The largest absolute Gasteiger partial charge is 0.369 e. The minimum Gasteiger partial charge on any atom is -0.369 e. The van der Waals surface area contributed by atoms with Crippen molar-refractivity contribution < 1.29 is 9.59 Å². The number of guanidine groups is 1. The van der Waals surface area contributed by atoms with Crippen LogP contribution in [0.25, 0.3) is 0 Å². The lowest BCUT2D eigenvalue weighted by Gasteiger charge is -2.23. The van der Waals surface area contributed by atoms with Gasteiger partial charge in [-0.3, -0.25) is 9.59 Å². The molecular weight excluding hydrogens is 308 g/mol. The first-order chi connectivity index (χ1) is 11.5. The highest BCUT2D eigenvalue weighted by Crippen LogP contribution is 2.13. The number of terminal acetylenes is 1. The van der Waals surface area contributed by atoms with Crippen molar-refractivity contribution in [3.8, 4) is 19.0 Å². The molecule has 2 rings (SSSR count). The van der Waals surface area contributed by atoms with E-state index in [0.29, 0.717) is 13.0 Å². The van der Waals surface area contributed by atoms with Crippen LogP contribution in [0.2, 0.25) is 0 Å². The number of carbonyl (C=O) groups excluding carboxylic acids is 2. The molecule has 2 amide bonds. The number of carbonyl (C=O) groups is 2. The average Bonchev–Trinajstić information content (AvgIpc) is 3.03. The van der Waals surface area contributed by atoms with Gasteiger partial charge >= 0.3 is 0 Å². The van der Waals surface area contributed by atoms with Crippen LogP contribution >= 0.6 is 0 Å². The second kappa shape index (κ2) is 12.8. The van der Waals surface area contributed by atoms with E-state index in [2.05, 4.69) is 17.8 Å². The summed E-state index contributed by atoms with van der Waals surface area (Å²) in [6.45, 7) is 2.82. The van der Waals surface area contributed by atoms with E-state index in [1.54, 1.807) is 4.90 Å². The van der Waals surface area contributed by atoms with E-state index in [1.807, 2.05) is 4.90 Å². The van der Waals surface area contributed by atoms with Crippen LogP contribution < -0.4 is 11.5 Å². The van der Waals surface area contributed by atoms with E-state index in [1.165, 1.54) is 6.19 Å². The molecule has 2 aliphatic rings. The monoisotopic (exact) mass is 334 g/mol. The van der Waals surface area contributed by atoms with Crippen molar-refractivity contribution >= 4 is 17.8 Å². The highest BCUT2D eigenvalue weighted by Gasteiger charge is 2.23. The molecule has 0 atom stereocenters. The van der Waals surface area contributed by atoms with E-state index in [0.717, 1.165) is 51.7 Å². The van der Waals surface area contributed by atoms with Gasteiger partial charge in [-0.15, -0.1) is 17.8 Å². The number of likely N-dealkylation sites (tertiary alicyclic amines) is 2. The lowest BCUT2D eigenvalue weighted by Crippen LogP contribution is -2.41. The Hall–Kier alpha value is -2.74. The SMILES string of the molecule is C#C.N#CN=C(N)N.O=C(CN1CCCCCC1=O)N1CCCC1. The molecular formula is C16H26N6O2. The second-order valence-electron chi connectivity index (χ2n) is 5.35. The highest BCUT2D eigenvalue weighted by atomic mass is 16.2. The maximum atomic E-state index is 11.9. The maximum absolute atomic E-state index is 11.9. The summed E-state index contributed by atoms with van der Waals surface area (Å²) in [4.78, 5) is 30.2. The zero-order valence-corrected chi connectivity index (χ0v) is 14.0. The predicted octanol–water partition coefficient (Wildman–Crippen LogP) is 0.00168. The van der Waals surface area contributed by atoms with E-state index < -0.39 is 0 Å². The molecule has 24 heavy (non-hydrogen) atoms. The first-order valence-electron chi connectivity index (χ1n) is 7.91. The zero-order valence-electron chi connectivity index (χ0n) is 14.0. The zero-order chi connectivity index (χ0) is 18.4. The standard InChI is InChI=1S/C12H20N2O2.C2H4N4.C2H2/c15-11-6-2-1-3-9-14(11)10-12(16)13-7-4-5-8-13;3-1-6-2(4)5;1-2/h1-10H2;(H4,4,5,6);1-2H. The normalized spacial score (nSPS) is 16.5. The molecule has 0 saturated carbocycles. The van der Waals surface area contributed by atoms with Gasteiger partial charge in [0, 0.05) is 26.1 Å². The Morgan fingerprint density at radius 1 is 1.12 bits per heavy atom. The van der Waals surface area contributed by atoms with Crippen molar-refractivity contribution in [3.63, 3.8) is 0 Å². The summed E-state index contributed by atoms with van der Waals surface area (Å²) in [5.41, 5.74) is 9.42. The maximum Gasteiger partial charge on any atom is 0.242 e. The van der Waals surface area contributed by atoms with E-state index in [4.69, 9.17) is 16.7 Å². The van der Waals surface area contributed by atoms with Crippen LogP contribution in [0, 0.1) is 24.3 Å². The Bertz CT molecular complexity index is 485. The molecule has 0 aliphatic carbocycles. The van der Waals surface area contributed by atoms with E-state index in [9.17, 15) is 9.59 Å². The van der Waals surface area contributed by atoms with Gasteiger partial charge in [0.1, 0.15) is 0 Å². The quantitative estimate of drug-likeness (QED) is 0.318. The van der Waals surface area contributed by atoms with Crippen LogP contribution in [-0.2, 0) is 9.59 Å². The Morgan fingerprint density at radius 2 is 1.71 bits per heavy atom. The Morgan fingerprint density at radius 3 is 2.21 bits per heavy atom. The van der Waals surface area contributed by atoms with Crippen molar-refractivity contribution in [3.05, 3.63) is 0 Å². The Labute approximate surface area is 143 Å². The van der Waals surface area contributed by atoms with Crippen LogP contribution in [0.15, 0.2) is 4.99 Å². The number of hydrogen-bond acceptors (Lipinski definition) is 4. The molecule has 4 N–H and O–H groups in total. The third kappa shape index (κ3) is 8.64. The number of nitrogens with zero attached hydrogens (tertiary/aromatic N) is 4. The lowest BCUT2D eigenvalue weighted by atomic mass is 10.2. The second-order valence-corrected chi connectivity index (χ2v) is 5.35. The Balaban J connectivity index is 0.000000563. The van der Waals surface area contributed by atoms with Gasteiger partial charge in [-0.25, -0.2) is 0 Å². The number of hydrogen-bond donors (Lipinski definition) is 2. The molecule has 2 aliphatic heterocycles. The van der Waals surface area contributed by atoms with E-state index >= 15 is 0 Å². The van der Waals surface area contributed by atoms with Gasteiger partial charge in [0.25, 0.3) is 0 Å². The lowest BCUT2D eigenvalue weighted by molar-refractivity contribution is -0.139. The molecule has 8 nitrogen and oxygen atoms in total. The summed E-state index contributed by atoms with van der Waals surface area (Å²) in [7, 11) is 0. The number of aliphatic imine (C=N–C) groups is 1. The van der Waals surface area contributed by atoms with Crippen LogP contribution in [-0.4, -0.2) is 53.8 Å². The smallest absolute Gasteiger partial charge is 0.242 e. The van der Waals surface area contributed by atoms with Gasteiger partial charge in [0.15, 0.2) is 0 Å². The van der Waals surface area contributed by atoms with Crippen molar-refractivity contribution in [2.45, 2.75) is 38.5 Å². The summed E-state index contributed by atoms with van der Waals surface area (Å²) in [5.74, 6) is 0.0929. The fourth-order valence-corrected chi connectivity index (χ4v) is 2.49.